The van der Waals surface area contributed by atoms with E-state index in [0.717, 1.165) is 32.4 Å². The van der Waals surface area contributed by atoms with Crippen molar-refractivity contribution in [2.45, 2.75) is 26.2 Å². The van der Waals surface area contributed by atoms with Crippen molar-refractivity contribution < 1.29 is 0 Å². The highest BCUT2D eigenvalue weighted by atomic mass is 14.9. The zero-order chi connectivity index (χ0) is 14.0. The van der Waals surface area contributed by atoms with Crippen molar-refractivity contribution in [1.82, 2.24) is 5.32 Å². The standard InChI is InChI=1S/C18H20N2/c1-14-2-4-17-11-15(3-5-16(17)10-14)6-9-20-13-18(12-19)7-8-18/h2-5,10-11,20H,6-9,13H2,1H3. The first-order chi connectivity index (χ1) is 9.71. The second-order valence-corrected chi connectivity index (χ2v) is 6.00. The van der Waals surface area contributed by atoms with Crippen molar-refractivity contribution in [3.05, 3.63) is 47.5 Å². The van der Waals surface area contributed by atoms with E-state index in [2.05, 4.69) is 54.7 Å². The van der Waals surface area contributed by atoms with Crippen LogP contribution in [0.5, 0.6) is 0 Å². The van der Waals surface area contributed by atoms with E-state index in [1.54, 1.807) is 0 Å². The number of nitrogens with zero attached hydrogens (tertiary/aromatic N) is 1. The second-order valence-electron chi connectivity index (χ2n) is 6.00. The van der Waals surface area contributed by atoms with Gasteiger partial charge in [-0.1, -0.05) is 42.0 Å². The molecule has 1 aliphatic rings. The van der Waals surface area contributed by atoms with Crippen LogP contribution in [0, 0.1) is 23.7 Å². The number of aryl methyl sites for hydroxylation is 1. The van der Waals surface area contributed by atoms with Gasteiger partial charge in [0, 0.05) is 6.54 Å². The molecular formula is C18H20N2. The van der Waals surface area contributed by atoms with Gasteiger partial charge in [-0.05, 0) is 49.1 Å². The third kappa shape index (κ3) is 2.84. The van der Waals surface area contributed by atoms with Gasteiger partial charge in [0.25, 0.3) is 0 Å². The average Bonchev–Trinajstić information content (AvgIpc) is 3.24. The normalized spacial score (nSPS) is 16.0. The summed E-state index contributed by atoms with van der Waals surface area (Å²) in [6.07, 6.45) is 3.14. The van der Waals surface area contributed by atoms with Crippen LogP contribution in [0.4, 0.5) is 0 Å². The predicted octanol–water partition coefficient (Wildman–Crippen LogP) is 3.58. The molecule has 0 atom stereocenters. The van der Waals surface area contributed by atoms with Gasteiger partial charge < -0.3 is 5.32 Å². The summed E-state index contributed by atoms with van der Waals surface area (Å²) in [5.41, 5.74) is 2.62. The Bertz CT molecular complexity index is 663. The molecule has 0 aromatic heterocycles. The molecule has 1 N–H and O–H groups in total. The highest BCUT2D eigenvalue weighted by molar-refractivity contribution is 5.83. The SMILES string of the molecule is Cc1ccc2cc(CCNCC3(C#N)CC3)ccc2c1. The Labute approximate surface area is 120 Å². The van der Waals surface area contributed by atoms with E-state index < -0.39 is 0 Å². The monoisotopic (exact) mass is 264 g/mol. The third-order valence-electron chi connectivity index (χ3n) is 4.20. The molecule has 2 heteroatoms. The summed E-state index contributed by atoms with van der Waals surface area (Å²) >= 11 is 0. The molecule has 0 heterocycles. The van der Waals surface area contributed by atoms with E-state index in [0.29, 0.717) is 0 Å². The number of nitrogens with one attached hydrogen (secondary N) is 1. The van der Waals surface area contributed by atoms with Crippen LogP contribution in [-0.4, -0.2) is 13.1 Å². The van der Waals surface area contributed by atoms with E-state index in [1.807, 2.05) is 0 Å². The van der Waals surface area contributed by atoms with Gasteiger partial charge in [-0.2, -0.15) is 5.26 Å². The molecule has 0 amide bonds. The Morgan fingerprint density at radius 1 is 1.15 bits per heavy atom. The lowest BCUT2D eigenvalue weighted by atomic mass is 10.0. The number of fused-ring (bicyclic) bond motifs is 1. The van der Waals surface area contributed by atoms with Crippen LogP contribution in [0.25, 0.3) is 10.8 Å². The molecule has 0 radical (unpaired) electrons. The lowest BCUT2D eigenvalue weighted by molar-refractivity contribution is 0.560. The topological polar surface area (TPSA) is 35.8 Å². The minimum Gasteiger partial charge on any atom is -0.315 e. The van der Waals surface area contributed by atoms with Gasteiger partial charge in [0.2, 0.25) is 0 Å². The van der Waals surface area contributed by atoms with Crippen molar-refractivity contribution in [3.63, 3.8) is 0 Å². The third-order valence-corrected chi connectivity index (χ3v) is 4.20. The average molecular weight is 264 g/mol. The van der Waals surface area contributed by atoms with E-state index in [9.17, 15) is 0 Å². The maximum atomic E-state index is 9.02. The second kappa shape index (κ2) is 5.26. The van der Waals surface area contributed by atoms with Crippen LogP contribution in [0.1, 0.15) is 24.0 Å². The Morgan fingerprint density at radius 3 is 2.65 bits per heavy atom. The van der Waals surface area contributed by atoms with Gasteiger partial charge in [0.1, 0.15) is 0 Å². The largest absolute Gasteiger partial charge is 0.315 e. The van der Waals surface area contributed by atoms with Gasteiger partial charge in [0.15, 0.2) is 0 Å². The smallest absolute Gasteiger partial charge is 0.0703 e. The number of hydrogen-bond donors (Lipinski definition) is 1. The summed E-state index contributed by atoms with van der Waals surface area (Å²) in [6, 6.07) is 15.7. The fourth-order valence-corrected chi connectivity index (χ4v) is 2.61. The number of rotatable bonds is 5. The molecule has 0 unspecified atom stereocenters. The Morgan fingerprint density at radius 2 is 1.90 bits per heavy atom. The van der Waals surface area contributed by atoms with Crippen molar-refractivity contribution >= 4 is 10.8 Å². The van der Waals surface area contributed by atoms with Crippen LogP contribution in [-0.2, 0) is 6.42 Å². The first-order valence-electron chi connectivity index (χ1n) is 7.32. The molecule has 102 valence electrons. The van der Waals surface area contributed by atoms with Crippen molar-refractivity contribution in [2.24, 2.45) is 5.41 Å². The summed E-state index contributed by atoms with van der Waals surface area (Å²) in [5, 5.41) is 15.1. The van der Waals surface area contributed by atoms with E-state index in [4.69, 9.17) is 5.26 Å². The maximum absolute atomic E-state index is 9.02. The fraction of sp³-hybridized carbons (Fsp3) is 0.389. The zero-order valence-electron chi connectivity index (χ0n) is 11.9. The molecule has 1 fully saturated rings. The molecule has 3 rings (SSSR count). The summed E-state index contributed by atoms with van der Waals surface area (Å²) in [6.45, 7) is 3.91. The predicted molar refractivity (Wildman–Crippen MR) is 82.5 cm³/mol. The Kier molecular flexibility index (Phi) is 3.46. The lowest BCUT2D eigenvalue weighted by Crippen LogP contribution is -2.25. The summed E-state index contributed by atoms with van der Waals surface area (Å²) in [4.78, 5) is 0. The van der Waals surface area contributed by atoms with Gasteiger partial charge in [-0.15, -0.1) is 0 Å². The lowest BCUT2D eigenvalue weighted by Gasteiger charge is -2.08. The van der Waals surface area contributed by atoms with Crippen LogP contribution in [0.3, 0.4) is 0 Å². The number of nitriles is 1. The summed E-state index contributed by atoms with van der Waals surface area (Å²) in [7, 11) is 0. The van der Waals surface area contributed by atoms with Gasteiger partial charge in [-0.25, -0.2) is 0 Å². The van der Waals surface area contributed by atoms with E-state index in [1.165, 1.54) is 21.9 Å². The molecule has 2 aromatic carbocycles. The first kappa shape index (κ1) is 13.1. The molecule has 0 saturated heterocycles. The molecule has 2 aromatic rings. The van der Waals surface area contributed by atoms with Gasteiger partial charge >= 0.3 is 0 Å². The highest BCUT2D eigenvalue weighted by Crippen LogP contribution is 2.43. The molecule has 20 heavy (non-hydrogen) atoms. The number of hydrogen-bond acceptors (Lipinski definition) is 2. The number of benzene rings is 2. The summed E-state index contributed by atoms with van der Waals surface area (Å²) in [5.74, 6) is 0. The first-order valence-corrected chi connectivity index (χ1v) is 7.32. The molecule has 0 aliphatic heterocycles. The molecule has 2 nitrogen and oxygen atoms in total. The van der Waals surface area contributed by atoms with Crippen LogP contribution in [0.15, 0.2) is 36.4 Å². The zero-order valence-corrected chi connectivity index (χ0v) is 11.9. The fourth-order valence-electron chi connectivity index (χ4n) is 2.61. The maximum Gasteiger partial charge on any atom is 0.0703 e. The molecule has 1 aliphatic carbocycles. The molecule has 0 spiro atoms. The highest BCUT2D eigenvalue weighted by Gasteiger charge is 2.42. The van der Waals surface area contributed by atoms with Crippen molar-refractivity contribution in [2.75, 3.05) is 13.1 Å². The Hall–Kier alpha value is -1.85. The van der Waals surface area contributed by atoms with E-state index in [-0.39, 0.29) is 5.41 Å². The quantitative estimate of drug-likeness (QED) is 0.838. The van der Waals surface area contributed by atoms with Crippen LogP contribution in [0.2, 0.25) is 0 Å². The van der Waals surface area contributed by atoms with Gasteiger partial charge in [-0.3, -0.25) is 0 Å². The van der Waals surface area contributed by atoms with E-state index >= 15 is 0 Å². The van der Waals surface area contributed by atoms with Crippen molar-refractivity contribution in [3.8, 4) is 6.07 Å². The van der Waals surface area contributed by atoms with Gasteiger partial charge in [0.05, 0.1) is 11.5 Å². The summed E-state index contributed by atoms with van der Waals surface area (Å²) < 4.78 is 0. The molecule has 0 bridgehead atoms. The van der Waals surface area contributed by atoms with Crippen molar-refractivity contribution in [1.29, 1.82) is 5.26 Å². The minimum absolute atomic E-state index is 0.0408. The molecule has 1 saturated carbocycles. The molecular weight excluding hydrogens is 244 g/mol. The van der Waals surface area contributed by atoms with Crippen LogP contribution < -0.4 is 5.32 Å². The Balaban J connectivity index is 1.58. The van der Waals surface area contributed by atoms with Crippen LogP contribution >= 0.6 is 0 Å². The minimum atomic E-state index is -0.0408.